The summed E-state index contributed by atoms with van der Waals surface area (Å²) in [6, 6.07) is 0. The molecule has 1 heterocycles. The van der Waals surface area contributed by atoms with Crippen molar-refractivity contribution < 1.29 is 4.79 Å². The van der Waals surface area contributed by atoms with E-state index in [0.29, 0.717) is 18.8 Å². The van der Waals surface area contributed by atoms with Gasteiger partial charge in [0.15, 0.2) is 0 Å². The Morgan fingerprint density at radius 2 is 2.31 bits per heavy atom. The van der Waals surface area contributed by atoms with Gasteiger partial charge in [-0.25, -0.2) is 0 Å². The Balaban J connectivity index is 2.83. The molecule has 0 saturated carbocycles. The van der Waals surface area contributed by atoms with E-state index in [2.05, 4.69) is 5.32 Å². The molecule has 4 heteroatoms. The summed E-state index contributed by atoms with van der Waals surface area (Å²) in [5.74, 6) is 0.553. The fourth-order valence-corrected chi connectivity index (χ4v) is 1.56. The third-order valence-electron chi connectivity index (χ3n) is 2.51. The Hall–Kier alpha value is -1.06. The predicted octanol–water partition coefficient (Wildman–Crippen LogP) is 0.584. The highest BCUT2D eigenvalue weighted by Gasteiger charge is 2.38. The summed E-state index contributed by atoms with van der Waals surface area (Å²) in [5, 5.41) is 10.5. The van der Waals surface area contributed by atoms with Crippen molar-refractivity contribution in [3.63, 3.8) is 0 Å². The predicted molar refractivity (Wildman–Crippen MR) is 51.8 cm³/mol. The van der Waals surface area contributed by atoms with Gasteiger partial charge in [-0.3, -0.25) is 10.2 Å². The molecule has 2 N–H and O–H groups in total. The molecule has 0 radical (unpaired) electrons. The topological polar surface area (TPSA) is 56.2 Å². The average Bonchev–Trinajstić information content (AvgIpc) is 2.08. The third-order valence-corrected chi connectivity index (χ3v) is 2.51. The lowest BCUT2D eigenvalue weighted by Crippen LogP contribution is -2.63. The largest absolute Gasteiger partial charge is 0.352 e. The summed E-state index contributed by atoms with van der Waals surface area (Å²) in [4.78, 5) is 13.4. The first kappa shape index (κ1) is 10.0. The average molecular weight is 183 g/mol. The normalized spacial score (nSPS) is 21.2. The van der Waals surface area contributed by atoms with Crippen LogP contribution in [0.5, 0.6) is 0 Å². The zero-order valence-corrected chi connectivity index (χ0v) is 8.48. The number of hydrogen-bond acceptors (Lipinski definition) is 2. The van der Waals surface area contributed by atoms with Crippen molar-refractivity contribution in [2.75, 3.05) is 13.1 Å². The van der Waals surface area contributed by atoms with E-state index in [4.69, 9.17) is 5.41 Å². The van der Waals surface area contributed by atoms with E-state index in [1.165, 1.54) is 0 Å². The summed E-state index contributed by atoms with van der Waals surface area (Å²) >= 11 is 0. The van der Waals surface area contributed by atoms with Gasteiger partial charge >= 0.3 is 0 Å². The summed E-state index contributed by atoms with van der Waals surface area (Å²) in [6.07, 6.45) is 0.677. The molecular weight excluding hydrogens is 166 g/mol. The van der Waals surface area contributed by atoms with E-state index in [1.54, 1.807) is 0 Å². The van der Waals surface area contributed by atoms with Crippen LogP contribution in [-0.4, -0.2) is 35.3 Å². The lowest BCUT2D eigenvalue weighted by molar-refractivity contribution is -0.132. The molecule has 0 aromatic carbocycles. The number of amidine groups is 1. The summed E-state index contributed by atoms with van der Waals surface area (Å²) < 4.78 is 0. The minimum Gasteiger partial charge on any atom is -0.352 e. The van der Waals surface area contributed by atoms with Crippen LogP contribution >= 0.6 is 0 Å². The maximum absolute atomic E-state index is 11.5. The highest BCUT2D eigenvalue weighted by Crippen LogP contribution is 2.18. The highest BCUT2D eigenvalue weighted by atomic mass is 16.2. The molecule has 0 atom stereocenters. The number of amides is 1. The number of nitrogens with zero attached hydrogens (tertiary/aromatic N) is 1. The van der Waals surface area contributed by atoms with Gasteiger partial charge in [0.2, 0.25) is 5.91 Å². The Morgan fingerprint density at radius 1 is 1.69 bits per heavy atom. The molecule has 1 rings (SSSR count). The first-order valence-electron chi connectivity index (χ1n) is 4.63. The number of hydrogen-bond donors (Lipinski definition) is 2. The second kappa shape index (κ2) is 3.36. The first-order valence-corrected chi connectivity index (χ1v) is 4.63. The lowest BCUT2D eigenvalue weighted by Gasteiger charge is -2.42. The fraction of sp³-hybridized carbons (Fsp3) is 0.778. The lowest BCUT2D eigenvalue weighted by atomic mass is 9.98. The molecule has 1 aliphatic heterocycles. The molecule has 13 heavy (non-hydrogen) atoms. The van der Waals surface area contributed by atoms with Crippen LogP contribution in [0.15, 0.2) is 0 Å². The van der Waals surface area contributed by atoms with Gasteiger partial charge in [-0.15, -0.1) is 0 Å². The van der Waals surface area contributed by atoms with Gasteiger partial charge in [0.1, 0.15) is 5.54 Å². The zero-order valence-electron chi connectivity index (χ0n) is 8.48. The minimum atomic E-state index is -0.564. The molecule has 0 unspecified atom stereocenters. The second-order valence-corrected chi connectivity index (χ2v) is 3.77. The fourth-order valence-electron chi connectivity index (χ4n) is 1.56. The van der Waals surface area contributed by atoms with Crippen LogP contribution in [0.3, 0.4) is 0 Å². The molecular formula is C9H17N3O. The van der Waals surface area contributed by atoms with Crippen LogP contribution in [0.4, 0.5) is 0 Å². The van der Waals surface area contributed by atoms with Crippen LogP contribution in [0.25, 0.3) is 0 Å². The molecule has 4 nitrogen and oxygen atoms in total. The van der Waals surface area contributed by atoms with E-state index < -0.39 is 5.54 Å². The van der Waals surface area contributed by atoms with Crippen LogP contribution < -0.4 is 5.32 Å². The zero-order chi connectivity index (χ0) is 10.1. The van der Waals surface area contributed by atoms with Crippen molar-refractivity contribution in [1.82, 2.24) is 10.2 Å². The van der Waals surface area contributed by atoms with E-state index >= 15 is 0 Å². The molecule has 1 aliphatic rings. The molecule has 0 spiro atoms. The van der Waals surface area contributed by atoms with Crippen LogP contribution in [0.2, 0.25) is 0 Å². The summed E-state index contributed by atoms with van der Waals surface area (Å²) in [7, 11) is 0. The standard InChI is InChI=1S/C9H17N3O/c1-4-7(10)12-6-5-11-8(13)9(12,2)3/h10H,4-6H2,1-3H3,(H,11,13). The van der Waals surface area contributed by atoms with E-state index in [1.807, 2.05) is 25.7 Å². The molecule has 0 aromatic heterocycles. The van der Waals surface area contributed by atoms with Crippen molar-refractivity contribution in [2.45, 2.75) is 32.7 Å². The van der Waals surface area contributed by atoms with Gasteiger partial charge in [-0.2, -0.15) is 0 Å². The van der Waals surface area contributed by atoms with Crippen LogP contribution in [0.1, 0.15) is 27.2 Å². The van der Waals surface area contributed by atoms with Gasteiger partial charge in [0.05, 0.1) is 5.84 Å². The van der Waals surface area contributed by atoms with E-state index in [9.17, 15) is 4.79 Å². The van der Waals surface area contributed by atoms with Crippen molar-refractivity contribution in [3.05, 3.63) is 0 Å². The van der Waals surface area contributed by atoms with Gasteiger partial charge in [0.25, 0.3) is 0 Å². The van der Waals surface area contributed by atoms with Crippen molar-refractivity contribution >= 4 is 11.7 Å². The second-order valence-electron chi connectivity index (χ2n) is 3.77. The summed E-state index contributed by atoms with van der Waals surface area (Å²) in [6.45, 7) is 7.03. The third kappa shape index (κ3) is 1.66. The quantitative estimate of drug-likeness (QED) is 0.461. The van der Waals surface area contributed by atoms with Gasteiger partial charge in [-0.1, -0.05) is 6.92 Å². The van der Waals surface area contributed by atoms with Crippen molar-refractivity contribution in [1.29, 1.82) is 5.41 Å². The monoisotopic (exact) mass is 183 g/mol. The number of nitrogens with one attached hydrogen (secondary N) is 2. The molecule has 1 fully saturated rings. The van der Waals surface area contributed by atoms with Crippen LogP contribution in [0, 0.1) is 5.41 Å². The Morgan fingerprint density at radius 3 is 2.85 bits per heavy atom. The van der Waals surface area contributed by atoms with E-state index in [-0.39, 0.29) is 5.91 Å². The van der Waals surface area contributed by atoms with Crippen molar-refractivity contribution in [3.8, 4) is 0 Å². The highest BCUT2D eigenvalue weighted by molar-refractivity contribution is 5.92. The number of carbonyl (C=O) groups excluding carboxylic acids is 1. The minimum absolute atomic E-state index is 0.0111. The molecule has 0 aliphatic carbocycles. The number of carbonyl (C=O) groups is 1. The molecule has 0 aromatic rings. The van der Waals surface area contributed by atoms with Crippen molar-refractivity contribution in [2.24, 2.45) is 0 Å². The maximum Gasteiger partial charge on any atom is 0.245 e. The first-order chi connectivity index (χ1) is 6.00. The van der Waals surface area contributed by atoms with Gasteiger partial charge in [-0.05, 0) is 13.8 Å². The van der Waals surface area contributed by atoms with Gasteiger partial charge < -0.3 is 10.2 Å². The Kier molecular flexibility index (Phi) is 2.59. The smallest absolute Gasteiger partial charge is 0.245 e. The molecule has 1 saturated heterocycles. The number of rotatable bonds is 1. The summed E-state index contributed by atoms with van der Waals surface area (Å²) in [5.41, 5.74) is -0.564. The number of piperazine rings is 1. The maximum atomic E-state index is 11.5. The van der Waals surface area contributed by atoms with E-state index in [0.717, 1.165) is 6.54 Å². The Bertz CT molecular complexity index is 235. The molecule has 0 bridgehead atoms. The van der Waals surface area contributed by atoms with Gasteiger partial charge in [0, 0.05) is 19.5 Å². The molecule has 74 valence electrons. The Labute approximate surface area is 78.8 Å². The SMILES string of the molecule is CCC(=N)N1CCNC(=O)C1(C)C. The van der Waals surface area contributed by atoms with Crippen LogP contribution in [-0.2, 0) is 4.79 Å². The molecule has 1 amide bonds.